The van der Waals surface area contributed by atoms with E-state index in [0.717, 1.165) is 30.9 Å². The highest BCUT2D eigenvalue weighted by Crippen LogP contribution is 2.27. The summed E-state index contributed by atoms with van der Waals surface area (Å²) in [6.07, 6.45) is 2.27. The Kier molecular flexibility index (Phi) is 5.84. The SMILES string of the molecule is COc1ccccc1N(C)CC(C)CCCN. The molecular weight excluding hydrogens is 212 g/mol. The summed E-state index contributed by atoms with van der Waals surface area (Å²) in [6.45, 7) is 4.07. The monoisotopic (exact) mass is 236 g/mol. The number of methoxy groups -OCH3 is 1. The minimum Gasteiger partial charge on any atom is -0.495 e. The molecule has 17 heavy (non-hydrogen) atoms. The van der Waals surface area contributed by atoms with Gasteiger partial charge in [0.25, 0.3) is 0 Å². The van der Waals surface area contributed by atoms with E-state index < -0.39 is 0 Å². The van der Waals surface area contributed by atoms with Gasteiger partial charge < -0.3 is 15.4 Å². The second-order valence-corrected chi connectivity index (χ2v) is 4.59. The number of nitrogens with zero attached hydrogens (tertiary/aromatic N) is 1. The van der Waals surface area contributed by atoms with Gasteiger partial charge in [-0.05, 0) is 37.4 Å². The van der Waals surface area contributed by atoms with Crippen molar-refractivity contribution >= 4 is 5.69 Å². The average molecular weight is 236 g/mol. The van der Waals surface area contributed by atoms with E-state index in [1.165, 1.54) is 6.42 Å². The lowest BCUT2D eigenvalue weighted by Gasteiger charge is -2.25. The summed E-state index contributed by atoms with van der Waals surface area (Å²) in [5.41, 5.74) is 6.68. The molecule has 0 radical (unpaired) electrons. The van der Waals surface area contributed by atoms with Gasteiger partial charge in [-0.3, -0.25) is 0 Å². The van der Waals surface area contributed by atoms with Gasteiger partial charge >= 0.3 is 0 Å². The molecule has 1 rings (SSSR count). The van der Waals surface area contributed by atoms with Gasteiger partial charge in [0.2, 0.25) is 0 Å². The van der Waals surface area contributed by atoms with Crippen LogP contribution in [0.3, 0.4) is 0 Å². The van der Waals surface area contributed by atoms with Crippen molar-refractivity contribution in [2.75, 3.05) is 32.1 Å². The maximum atomic E-state index is 5.53. The van der Waals surface area contributed by atoms with Crippen molar-refractivity contribution in [3.63, 3.8) is 0 Å². The van der Waals surface area contributed by atoms with E-state index in [-0.39, 0.29) is 0 Å². The molecular formula is C14H24N2O. The highest BCUT2D eigenvalue weighted by molar-refractivity contribution is 5.57. The van der Waals surface area contributed by atoms with Gasteiger partial charge in [-0.1, -0.05) is 19.1 Å². The quantitative estimate of drug-likeness (QED) is 0.790. The Balaban J connectivity index is 2.59. The molecule has 3 heteroatoms. The molecule has 0 bridgehead atoms. The lowest BCUT2D eigenvalue weighted by molar-refractivity contribution is 0.413. The minimum atomic E-state index is 0.647. The van der Waals surface area contributed by atoms with Crippen LogP contribution in [0, 0.1) is 5.92 Å². The zero-order valence-corrected chi connectivity index (χ0v) is 11.1. The number of hydrogen-bond donors (Lipinski definition) is 1. The normalized spacial score (nSPS) is 12.2. The molecule has 1 unspecified atom stereocenters. The Bertz CT molecular complexity index is 328. The molecule has 0 fully saturated rings. The molecule has 1 aromatic rings. The largest absolute Gasteiger partial charge is 0.495 e. The Morgan fingerprint density at radius 2 is 2.06 bits per heavy atom. The molecule has 96 valence electrons. The Morgan fingerprint density at radius 1 is 1.35 bits per heavy atom. The van der Waals surface area contributed by atoms with E-state index in [0.29, 0.717) is 5.92 Å². The van der Waals surface area contributed by atoms with E-state index in [1.807, 2.05) is 18.2 Å². The van der Waals surface area contributed by atoms with E-state index in [2.05, 4.69) is 24.9 Å². The van der Waals surface area contributed by atoms with Crippen LogP contribution in [0.1, 0.15) is 19.8 Å². The van der Waals surface area contributed by atoms with E-state index in [4.69, 9.17) is 10.5 Å². The second-order valence-electron chi connectivity index (χ2n) is 4.59. The summed E-state index contributed by atoms with van der Waals surface area (Å²) in [6, 6.07) is 8.12. The van der Waals surface area contributed by atoms with Crippen molar-refractivity contribution < 1.29 is 4.74 Å². The molecule has 0 aliphatic heterocycles. The zero-order valence-electron chi connectivity index (χ0n) is 11.1. The van der Waals surface area contributed by atoms with Crippen LogP contribution < -0.4 is 15.4 Å². The van der Waals surface area contributed by atoms with Crippen LogP contribution in [0.25, 0.3) is 0 Å². The molecule has 0 saturated heterocycles. The smallest absolute Gasteiger partial charge is 0.142 e. The van der Waals surface area contributed by atoms with Gasteiger partial charge in [0.05, 0.1) is 12.8 Å². The first-order valence-corrected chi connectivity index (χ1v) is 6.23. The molecule has 0 spiro atoms. The van der Waals surface area contributed by atoms with Crippen molar-refractivity contribution in [2.45, 2.75) is 19.8 Å². The fraction of sp³-hybridized carbons (Fsp3) is 0.571. The van der Waals surface area contributed by atoms with Gasteiger partial charge in [-0.2, -0.15) is 0 Å². The lowest BCUT2D eigenvalue weighted by atomic mass is 10.0. The highest BCUT2D eigenvalue weighted by atomic mass is 16.5. The molecule has 2 N–H and O–H groups in total. The number of anilines is 1. The molecule has 0 amide bonds. The predicted octanol–water partition coefficient (Wildman–Crippen LogP) is 2.51. The molecule has 0 heterocycles. The van der Waals surface area contributed by atoms with Crippen molar-refractivity contribution in [2.24, 2.45) is 11.7 Å². The van der Waals surface area contributed by atoms with E-state index >= 15 is 0 Å². The molecule has 1 atom stereocenters. The molecule has 1 aromatic carbocycles. The highest BCUT2D eigenvalue weighted by Gasteiger charge is 2.10. The van der Waals surface area contributed by atoms with Crippen LogP contribution in [0.4, 0.5) is 5.69 Å². The molecule has 3 nitrogen and oxygen atoms in total. The van der Waals surface area contributed by atoms with Gasteiger partial charge in [-0.25, -0.2) is 0 Å². The molecule has 0 aliphatic rings. The number of nitrogens with two attached hydrogens (primary N) is 1. The summed E-state index contributed by atoms with van der Waals surface area (Å²) in [5, 5.41) is 0. The van der Waals surface area contributed by atoms with Crippen molar-refractivity contribution in [1.82, 2.24) is 0 Å². The topological polar surface area (TPSA) is 38.5 Å². The Hall–Kier alpha value is -1.22. The van der Waals surface area contributed by atoms with Gasteiger partial charge in [0.15, 0.2) is 0 Å². The van der Waals surface area contributed by atoms with Crippen LogP contribution in [-0.4, -0.2) is 27.2 Å². The number of hydrogen-bond acceptors (Lipinski definition) is 3. The summed E-state index contributed by atoms with van der Waals surface area (Å²) >= 11 is 0. The first kappa shape index (κ1) is 13.8. The summed E-state index contributed by atoms with van der Waals surface area (Å²) in [5.74, 6) is 1.58. The first-order valence-electron chi connectivity index (χ1n) is 6.23. The average Bonchev–Trinajstić information content (AvgIpc) is 2.36. The summed E-state index contributed by atoms with van der Waals surface area (Å²) in [4.78, 5) is 2.25. The minimum absolute atomic E-state index is 0.647. The van der Waals surface area contributed by atoms with Crippen molar-refractivity contribution in [1.29, 1.82) is 0 Å². The van der Waals surface area contributed by atoms with Crippen molar-refractivity contribution in [3.8, 4) is 5.75 Å². The van der Waals surface area contributed by atoms with Gasteiger partial charge in [0.1, 0.15) is 5.75 Å². The Labute approximate surface area is 105 Å². The lowest BCUT2D eigenvalue weighted by Crippen LogP contribution is -2.24. The fourth-order valence-corrected chi connectivity index (χ4v) is 2.07. The van der Waals surface area contributed by atoms with Crippen molar-refractivity contribution in [3.05, 3.63) is 24.3 Å². The third-order valence-corrected chi connectivity index (χ3v) is 2.98. The zero-order chi connectivity index (χ0) is 12.7. The third-order valence-electron chi connectivity index (χ3n) is 2.98. The van der Waals surface area contributed by atoms with Crippen LogP contribution in [0.2, 0.25) is 0 Å². The third kappa shape index (κ3) is 4.27. The number of ether oxygens (including phenoxy) is 1. The van der Waals surface area contributed by atoms with E-state index in [1.54, 1.807) is 7.11 Å². The van der Waals surface area contributed by atoms with Crippen LogP contribution in [-0.2, 0) is 0 Å². The summed E-state index contributed by atoms with van der Waals surface area (Å²) < 4.78 is 5.37. The number of benzene rings is 1. The maximum Gasteiger partial charge on any atom is 0.142 e. The van der Waals surface area contributed by atoms with E-state index in [9.17, 15) is 0 Å². The van der Waals surface area contributed by atoms with Crippen LogP contribution in [0.15, 0.2) is 24.3 Å². The van der Waals surface area contributed by atoms with Gasteiger partial charge in [-0.15, -0.1) is 0 Å². The second kappa shape index (κ2) is 7.17. The molecule has 0 aromatic heterocycles. The number of para-hydroxylation sites is 2. The fourth-order valence-electron chi connectivity index (χ4n) is 2.07. The van der Waals surface area contributed by atoms with Crippen LogP contribution in [0.5, 0.6) is 5.75 Å². The first-order chi connectivity index (χ1) is 8.19. The van der Waals surface area contributed by atoms with Crippen LogP contribution >= 0.6 is 0 Å². The standard InChI is InChI=1S/C14H24N2O/c1-12(7-6-10-15)11-16(2)13-8-4-5-9-14(13)17-3/h4-5,8-9,12H,6-7,10-11,15H2,1-3H3. The number of rotatable bonds is 7. The maximum absolute atomic E-state index is 5.53. The predicted molar refractivity (Wildman–Crippen MR) is 73.7 cm³/mol. The molecule has 0 aliphatic carbocycles. The molecule has 0 saturated carbocycles. The Morgan fingerprint density at radius 3 is 2.71 bits per heavy atom. The van der Waals surface area contributed by atoms with Gasteiger partial charge in [0, 0.05) is 13.6 Å². The summed E-state index contributed by atoms with van der Waals surface area (Å²) in [7, 11) is 3.82.